The van der Waals surface area contributed by atoms with Gasteiger partial charge in [0.05, 0.1) is 5.69 Å². The first-order valence-corrected chi connectivity index (χ1v) is 11.3. The third-order valence-electron chi connectivity index (χ3n) is 5.78. The highest BCUT2D eigenvalue weighted by molar-refractivity contribution is 6.31. The van der Waals surface area contributed by atoms with E-state index in [1.807, 2.05) is 26.1 Å². The van der Waals surface area contributed by atoms with Gasteiger partial charge in [0.15, 0.2) is 5.96 Å². The number of likely N-dealkylation sites (tertiary alicyclic amines) is 1. The van der Waals surface area contributed by atoms with Gasteiger partial charge >= 0.3 is 0 Å². The second-order valence-corrected chi connectivity index (χ2v) is 8.60. The van der Waals surface area contributed by atoms with Crippen molar-refractivity contribution in [3.05, 3.63) is 52.3 Å². The van der Waals surface area contributed by atoms with E-state index in [1.54, 1.807) is 0 Å². The maximum absolute atomic E-state index is 6.31. The van der Waals surface area contributed by atoms with Crippen LogP contribution in [0.25, 0.3) is 0 Å². The second kappa shape index (κ2) is 11.4. The summed E-state index contributed by atoms with van der Waals surface area (Å²) in [7, 11) is 1.84. The van der Waals surface area contributed by atoms with Crippen LogP contribution in [0.5, 0.6) is 0 Å². The Morgan fingerprint density at radius 3 is 2.63 bits per heavy atom. The van der Waals surface area contributed by atoms with Crippen LogP contribution in [0.3, 0.4) is 0 Å². The summed E-state index contributed by atoms with van der Waals surface area (Å²) in [5, 5.41) is 12.3. The molecule has 1 aliphatic rings. The number of rotatable bonds is 8. The lowest BCUT2D eigenvalue weighted by atomic mass is 9.96. The molecular formula is C23H35ClN6. The van der Waals surface area contributed by atoms with E-state index >= 15 is 0 Å². The summed E-state index contributed by atoms with van der Waals surface area (Å²) in [4.78, 5) is 6.87. The third kappa shape index (κ3) is 6.74. The maximum atomic E-state index is 6.31. The zero-order chi connectivity index (χ0) is 21.3. The first kappa shape index (κ1) is 22.6. The van der Waals surface area contributed by atoms with Crippen molar-refractivity contribution in [2.75, 3.05) is 33.2 Å². The van der Waals surface area contributed by atoms with Crippen LogP contribution in [-0.4, -0.2) is 53.9 Å². The molecule has 3 rings (SSSR count). The molecule has 2 N–H and O–H groups in total. The number of hydrogen-bond donors (Lipinski definition) is 2. The maximum Gasteiger partial charge on any atom is 0.190 e. The van der Waals surface area contributed by atoms with E-state index in [0.717, 1.165) is 62.4 Å². The highest BCUT2D eigenvalue weighted by Crippen LogP contribution is 2.21. The predicted molar refractivity (Wildman–Crippen MR) is 125 cm³/mol. The monoisotopic (exact) mass is 430 g/mol. The van der Waals surface area contributed by atoms with Gasteiger partial charge in [-0.15, -0.1) is 0 Å². The van der Waals surface area contributed by atoms with Gasteiger partial charge in [0.2, 0.25) is 0 Å². The van der Waals surface area contributed by atoms with Crippen molar-refractivity contribution in [2.24, 2.45) is 10.9 Å². The third-order valence-corrected chi connectivity index (χ3v) is 6.15. The lowest BCUT2D eigenvalue weighted by Crippen LogP contribution is -2.43. The fourth-order valence-electron chi connectivity index (χ4n) is 4.01. The van der Waals surface area contributed by atoms with Crippen LogP contribution in [0.15, 0.2) is 35.3 Å². The van der Waals surface area contributed by atoms with Gasteiger partial charge in [-0.1, -0.05) is 29.8 Å². The Morgan fingerprint density at radius 1 is 1.20 bits per heavy atom. The van der Waals surface area contributed by atoms with Crippen LogP contribution in [0.2, 0.25) is 5.02 Å². The Hall–Kier alpha value is -2.05. The van der Waals surface area contributed by atoms with Crippen LogP contribution >= 0.6 is 11.6 Å². The summed E-state index contributed by atoms with van der Waals surface area (Å²) in [5.41, 5.74) is 3.52. The lowest BCUT2D eigenvalue weighted by molar-refractivity contribution is 0.178. The van der Waals surface area contributed by atoms with Gasteiger partial charge in [0.1, 0.15) is 0 Å². The number of hydrogen-bond acceptors (Lipinski definition) is 3. The van der Waals surface area contributed by atoms with E-state index in [0.29, 0.717) is 5.92 Å². The first-order chi connectivity index (χ1) is 14.5. The topological polar surface area (TPSA) is 57.5 Å². The fraction of sp³-hybridized carbons (Fsp3) is 0.565. The molecule has 1 saturated heterocycles. The van der Waals surface area contributed by atoms with Crippen LogP contribution in [0.4, 0.5) is 0 Å². The lowest BCUT2D eigenvalue weighted by Gasteiger charge is -2.32. The molecule has 0 radical (unpaired) electrons. The molecule has 0 atom stereocenters. The minimum Gasteiger partial charge on any atom is -0.356 e. The van der Waals surface area contributed by atoms with E-state index in [-0.39, 0.29) is 0 Å². The molecule has 0 bridgehead atoms. The van der Waals surface area contributed by atoms with Crippen molar-refractivity contribution in [3.63, 3.8) is 0 Å². The standard InChI is InChI=1S/C23H35ClN6/c1-18-15-19(2)30(28-18)12-6-11-26-23(25-3)27-16-20-9-13-29(14-10-20)17-21-7-4-5-8-22(21)24/h4-5,7-8,15,20H,6,9-14,16-17H2,1-3H3,(H2,25,26,27). The first-order valence-electron chi connectivity index (χ1n) is 11.0. The van der Waals surface area contributed by atoms with Crippen molar-refractivity contribution < 1.29 is 0 Å². The molecule has 1 aromatic carbocycles. The molecule has 164 valence electrons. The molecule has 0 spiro atoms. The van der Waals surface area contributed by atoms with Gasteiger partial charge < -0.3 is 10.6 Å². The minimum absolute atomic E-state index is 0.681. The highest BCUT2D eigenvalue weighted by atomic mass is 35.5. The molecule has 1 aromatic heterocycles. The Bertz CT molecular complexity index is 823. The van der Waals surface area contributed by atoms with Gasteiger partial charge in [0.25, 0.3) is 0 Å². The summed E-state index contributed by atoms with van der Waals surface area (Å²) in [6, 6.07) is 10.3. The Balaban J connectivity index is 1.32. The van der Waals surface area contributed by atoms with Crippen molar-refractivity contribution in [1.82, 2.24) is 25.3 Å². The predicted octanol–water partition coefficient (Wildman–Crippen LogP) is 3.62. The molecule has 0 unspecified atom stereocenters. The molecule has 0 saturated carbocycles. The van der Waals surface area contributed by atoms with Gasteiger partial charge in [-0.2, -0.15) is 5.10 Å². The molecule has 0 amide bonds. The van der Waals surface area contributed by atoms with E-state index < -0.39 is 0 Å². The smallest absolute Gasteiger partial charge is 0.190 e. The van der Waals surface area contributed by atoms with Crippen LogP contribution < -0.4 is 10.6 Å². The van der Waals surface area contributed by atoms with Crippen LogP contribution in [-0.2, 0) is 13.1 Å². The number of aliphatic imine (C=N–C) groups is 1. The van der Waals surface area contributed by atoms with Gasteiger partial charge in [-0.3, -0.25) is 14.6 Å². The number of halogens is 1. The average Bonchev–Trinajstić information content (AvgIpc) is 3.07. The van der Waals surface area contributed by atoms with Crippen molar-refractivity contribution >= 4 is 17.6 Å². The van der Waals surface area contributed by atoms with Crippen molar-refractivity contribution in [2.45, 2.75) is 46.2 Å². The summed E-state index contributed by atoms with van der Waals surface area (Å²) >= 11 is 6.31. The van der Waals surface area contributed by atoms with Gasteiger partial charge in [0, 0.05) is 43.9 Å². The summed E-state index contributed by atoms with van der Waals surface area (Å²) < 4.78 is 2.07. The number of aromatic nitrogens is 2. The molecule has 30 heavy (non-hydrogen) atoms. The van der Waals surface area contributed by atoms with E-state index in [2.05, 4.69) is 55.4 Å². The number of benzene rings is 1. The Kier molecular flexibility index (Phi) is 8.58. The number of guanidine groups is 1. The Labute approximate surface area is 185 Å². The minimum atomic E-state index is 0.681. The molecular weight excluding hydrogens is 396 g/mol. The number of nitrogens with one attached hydrogen (secondary N) is 2. The summed E-state index contributed by atoms with van der Waals surface area (Å²) in [6.07, 6.45) is 3.42. The number of aryl methyl sites for hydroxylation is 3. The zero-order valence-corrected chi connectivity index (χ0v) is 19.3. The molecule has 0 aliphatic carbocycles. The van der Waals surface area contributed by atoms with Gasteiger partial charge in [-0.25, -0.2) is 0 Å². The molecule has 1 aliphatic heterocycles. The molecule has 1 fully saturated rings. The van der Waals surface area contributed by atoms with Crippen LogP contribution in [0.1, 0.15) is 36.2 Å². The zero-order valence-electron chi connectivity index (χ0n) is 18.5. The van der Waals surface area contributed by atoms with E-state index in [9.17, 15) is 0 Å². The molecule has 2 aromatic rings. The number of piperidine rings is 1. The normalized spacial score (nSPS) is 16.1. The average molecular weight is 431 g/mol. The van der Waals surface area contributed by atoms with Crippen LogP contribution in [0, 0.1) is 19.8 Å². The summed E-state index contributed by atoms with van der Waals surface area (Å²) in [6.45, 7) is 10.1. The van der Waals surface area contributed by atoms with Gasteiger partial charge in [-0.05, 0) is 69.8 Å². The quantitative estimate of drug-likeness (QED) is 0.381. The largest absolute Gasteiger partial charge is 0.356 e. The Morgan fingerprint density at radius 2 is 1.97 bits per heavy atom. The molecule has 2 heterocycles. The second-order valence-electron chi connectivity index (χ2n) is 8.19. The van der Waals surface area contributed by atoms with Crippen molar-refractivity contribution in [3.8, 4) is 0 Å². The number of nitrogens with zero attached hydrogens (tertiary/aromatic N) is 4. The summed E-state index contributed by atoms with van der Waals surface area (Å²) in [5.74, 6) is 1.57. The molecule has 6 nitrogen and oxygen atoms in total. The van der Waals surface area contributed by atoms with Crippen molar-refractivity contribution in [1.29, 1.82) is 0 Å². The van der Waals surface area contributed by atoms with E-state index in [4.69, 9.17) is 11.6 Å². The molecule has 7 heteroatoms. The van der Waals surface area contributed by atoms with E-state index in [1.165, 1.54) is 24.1 Å². The SMILES string of the molecule is CN=C(NCCCn1nc(C)cc1C)NCC1CCN(Cc2ccccc2Cl)CC1. The highest BCUT2D eigenvalue weighted by Gasteiger charge is 2.20. The fourth-order valence-corrected chi connectivity index (χ4v) is 4.21.